The molecule has 0 heterocycles. The highest BCUT2D eigenvalue weighted by atomic mass is 32.1. The van der Waals surface area contributed by atoms with Gasteiger partial charge in [-0.15, -0.1) is 0 Å². The molecule has 0 amide bonds. The lowest BCUT2D eigenvalue weighted by atomic mass is 10.2. The van der Waals surface area contributed by atoms with Gasteiger partial charge in [-0.3, -0.25) is 0 Å². The minimum absolute atomic E-state index is 0.00922. The van der Waals surface area contributed by atoms with E-state index in [-0.39, 0.29) is 6.42 Å². The van der Waals surface area contributed by atoms with E-state index in [0.29, 0.717) is 0 Å². The van der Waals surface area contributed by atoms with Crippen molar-refractivity contribution < 1.29 is 15.6 Å². The summed E-state index contributed by atoms with van der Waals surface area (Å²) in [5.74, 6) is -0.134. The molecule has 0 atom stereocenters. The average Bonchev–Trinajstić information content (AvgIpc) is 2.67. The van der Waals surface area contributed by atoms with Gasteiger partial charge in [-0.1, -0.05) is 79.8 Å². The molecule has 0 saturated carbocycles. The fraction of sp³-hybridized carbons (Fsp3) is 0.435. The van der Waals surface area contributed by atoms with Crippen LogP contribution in [-0.4, -0.2) is 18.3 Å². The molecule has 0 saturated heterocycles. The second kappa shape index (κ2) is 26.4. The summed E-state index contributed by atoms with van der Waals surface area (Å²) in [4.78, 5) is 10.2. The van der Waals surface area contributed by atoms with Crippen molar-refractivity contribution in [1.29, 1.82) is 0 Å². The summed E-state index contributed by atoms with van der Waals surface area (Å²) in [6, 6.07) is 0. The van der Waals surface area contributed by atoms with Crippen molar-refractivity contribution in [2.75, 3.05) is 12.3 Å². The number of rotatable bonds is 14. The van der Waals surface area contributed by atoms with Crippen LogP contribution >= 0.6 is 12.6 Å². The Balaban J connectivity index is 0. The highest BCUT2D eigenvalue weighted by Gasteiger charge is 1.78. The Labute approximate surface area is 171 Å². The van der Waals surface area contributed by atoms with Crippen LogP contribution in [0, 0.1) is 0 Å². The number of carboxylic acids is 1. The predicted octanol–water partition coefficient (Wildman–Crippen LogP) is 3.98. The Bertz CT molecular complexity index is 487. The van der Waals surface area contributed by atoms with Gasteiger partial charge in [0.25, 0.3) is 0 Å². The van der Waals surface area contributed by atoms with Gasteiger partial charge in [0, 0.05) is 18.1 Å². The normalized spacial score (nSPS) is 12.3. The van der Waals surface area contributed by atoms with Gasteiger partial charge in [0.05, 0.1) is 6.54 Å². The molecule has 0 aliphatic rings. The first kappa shape index (κ1) is 27.4. The van der Waals surface area contributed by atoms with E-state index in [0.717, 1.165) is 50.8 Å². The zero-order valence-corrected chi connectivity index (χ0v) is 17.7. The molecular formula is C23H37NO2S. The minimum Gasteiger partial charge on any atom is -0.550 e. The number of hydrogen-bond acceptors (Lipinski definition) is 3. The molecule has 0 rings (SSSR count). The van der Waals surface area contributed by atoms with Gasteiger partial charge in [-0.05, 0) is 38.5 Å². The van der Waals surface area contributed by atoms with E-state index >= 15 is 0 Å². The summed E-state index contributed by atoms with van der Waals surface area (Å²) in [5.41, 5.74) is 3.53. The van der Waals surface area contributed by atoms with Crippen LogP contribution in [0.2, 0.25) is 0 Å². The molecule has 4 heteroatoms. The third-order valence-electron chi connectivity index (χ3n) is 3.04. The number of hydrogen-bond donors (Lipinski definition) is 2. The molecular weight excluding hydrogens is 354 g/mol. The van der Waals surface area contributed by atoms with E-state index in [4.69, 9.17) is 0 Å². The zero-order valence-electron chi connectivity index (χ0n) is 16.8. The number of carboxylic acid groups (broad SMARTS) is 1. The van der Waals surface area contributed by atoms with E-state index in [1.807, 2.05) is 12.2 Å². The van der Waals surface area contributed by atoms with Crippen molar-refractivity contribution >= 4 is 18.6 Å². The van der Waals surface area contributed by atoms with Crippen LogP contribution in [-0.2, 0) is 4.79 Å². The highest BCUT2D eigenvalue weighted by molar-refractivity contribution is 7.80. The summed E-state index contributed by atoms with van der Waals surface area (Å²) in [5, 5.41) is 10.2. The summed E-state index contributed by atoms with van der Waals surface area (Å²) in [6.45, 7) is 3.08. The van der Waals surface area contributed by atoms with E-state index in [1.54, 1.807) is 6.08 Å². The third-order valence-corrected chi connectivity index (χ3v) is 3.36. The molecule has 0 aliphatic carbocycles. The summed E-state index contributed by atoms with van der Waals surface area (Å²) < 4.78 is 0. The number of quaternary nitrogens is 1. The average molecular weight is 392 g/mol. The number of allylic oxidation sites excluding steroid dienone is 11. The minimum atomic E-state index is -1.04. The topological polar surface area (TPSA) is 67.8 Å². The maximum Gasteiger partial charge on any atom is 0.0829 e. The fourth-order valence-electron chi connectivity index (χ4n) is 1.70. The lowest BCUT2D eigenvalue weighted by Crippen LogP contribution is -2.51. The molecule has 0 aromatic heterocycles. The van der Waals surface area contributed by atoms with Gasteiger partial charge in [-0.2, -0.15) is 12.6 Å². The first-order valence-electron chi connectivity index (χ1n) is 9.68. The smallest absolute Gasteiger partial charge is 0.0829 e. The summed E-state index contributed by atoms with van der Waals surface area (Å²) in [7, 11) is 0. The van der Waals surface area contributed by atoms with Gasteiger partial charge in [0.15, 0.2) is 0 Å². The molecule has 0 radical (unpaired) electrons. The SMILES string of the molecule is CC/C=C\C/C=C\C/C=C\C/C=C\C/C=C\C/C=C\CC(=O)[O-].[NH3+]CCS. The van der Waals surface area contributed by atoms with Crippen molar-refractivity contribution in [3.05, 3.63) is 72.9 Å². The van der Waals surface area contributed by atoms with Crippen LogP contribution in [0.4, 0.5) is 0 Å². The molecule has 0 aromatic carbocycles. The maximum absolute atomic E-state index is 10.2. The van der Waals surface area contributed by atoms with Crippen LogP contribution < -0.4 is 10.8 Å². The molecule has 0 fully saturated rings. The lowest BCUT2D eigenvalue weighted by Gasteiger charge is -1.92. The molecule has 0 aromatic rings. The Kier molecular flexibility index (Phi) is 26.9. The monoisotopic (exact) mass is 391 g/mol. The first-order chi connectivity index (χ1) is 13.2. The van der Waals surface area contributed by atoms with E-state index in [9.17, 15) is 9.90 Å². The van der Waals surface area contributed by atoms with Crippen molar-refractivity contribution in [2.24, 2.45) is 0 Å². The van der Waals surface area contributed by atoms with E-state index < -0.39 is 5.97 Å². The Morgan fingerprint density at radius 2 is 1.04 bits per heavy atom. The van der Waals surface area contributed by atoms with Crippen LogP contribution in [0.15, 0.2) is 72.9 Å². The van der Waals surface area contributed by atoms with Crippen LogP contribution in [0.3, 0.4) is 0 Å². The van der Waals surface area contributed by atoms with Crippen molar-refractivity contribution in [2.45, 2.75) is 51.9 Å². The quantitative estimate of drug-likeness (QED) is 0.347. The first-order valence-corrected chi connectivity index (χ1v) is 10.3. The molecule has 0 unspecified atom stereocenters. The second-order valence-electron chi connectivity index (χ2n) is 5.57. The number of carbonyl (C=O) groups is 1. The highest BCUT2D eigenvalue weighted by Crippen LogP contribution is 1.96. The summed E-state index contributed by atoms with van der Waals surface area (Å²) >= 11 is 3.86. The van der Waals surface area contributed by atoms with E-state index in [2.05, 4.69) is 80.0 Å². The van der Waals surface area contributed by atoms with Crippen molar-refractivity contribution in [1.82, 2.24) is 0 Å². The zero-order chi connectivity index (χ0) is 20.4. The van der Waals surface area contributed by atoms with E-state index in [1.165, 1.54) is 0 Å². The lowest BCUT2D eigenvalue weighted by molar-refractivity contribution is -0.360. The third kappa shape index (κ3) is 32.4. The molecule has 152 valence electrons. The van der Waals surface area contributed by atoms with Gasteiger partial charge >= 0.3 is 0 Å². The van der Waals surface area contributed by atoms with Gasteiger partial charge in [0.1, 0.15) is 0 Å². The van der Waals surface area contributed by atoms with Crippen LogP contribution in [0.5, 0.6) is 0 Å². The summed E-state index contributed by atoms with van der Waals surface area (Å²) in [6.07, 6.45) is 30.7. The standard InChI is InChI=1S/C21H30O2.C2H7NS/c1-2-3-4-5-6-7-8-9-10-11-12-13-14-15-16-17-18-19-20-21(22)23;3-1-2-4/h3-4,6-7,9-10,12-13,15-16,18-19H,2,5,8,11,14,17,20H2,1H3,(H,22,23);4H,1-3H2/b4-3-,7-6-,10-9-,13-12-,16-15-,19-18-;. The molecule has 0 spiro atoms. The van der Waals surface area contributed by atoms with Crippen molar-refractivity contribution in [3.8, 4) is 0 Å². The van der Waals surface area contributed by atoms with Crippen LogP contribution in [0.1, 0.15) is 51.9 Å². The fourth-order valence-corrected chi connectivity index (χ4v) is 1.70. The maximum atomic E-state index is 10.2. The molecule has 27 heavy (non-hydrogen) atoms. The molecule has 0 aliphatic heterocycles. The number of aliphatic carboxylic acids is 1. The number of carbonyl (C=O) groups excluding carboxylic acids is 1. The van der Waals surface area contributed by atoms with Gasteiger partial charge < -0.3 is 15.6 Å². The Morgan fingerprint density at radius 1 is 0.741 bits per heavy atom. The Morgan fingerprint density at radius 3 is 1.30 bits per heavy atom. The Hall–Kier alpha value is -1.78. The molecule has 3 N–H and O–H groups in total. The predicted molar refractivity (Wildman–Crippen MR) is 119 cm³/mol. The van der Waals surface area contributed by atoms with Crippen molar-refractivity contribution in [3.63, 3.8) is 0 Å². The largest absolute Gasteiger partial charge is 0.550 e. The molecule has 3 nitrogen and oxygen atoms in total. The number of thiol groups is 1. The molecule has 0 bridgehead atoms. The van der Waals surface area contributed by atoms with Gasteiger partial charge in [-0.25, -0.2) is 0 Å². The second-order valence-corrected chi connectivity index (χ2v) is 6.02. The van der Waals surface area contributed by atoms with Crippen LogP contribution in [0.25, 0.3) is 0 Å². The van der Waals surface area contributed by atoms with Gasteiger partial charge in [0.2, 0.25) is 0 Å².